The first-order valence-electron chi connectivity index (χ1n) is 6.96. The lowest BCUT2D eigenvalue weighted by atomic mass is 9.85. The van der Waals surface area contributed by atoms with E-state index in [2.05, 4.69) is 17.2 Å². The largest absolute Gasteiger partial charge is 0.340 e. The Kier molecular flexibility index (Phi) is 4.99. The van der Waals surface area contributed by atoms with Crippen LogP contribution in [0.1, 0.15) is 47.5 Å². The van der Waals surface area contributed by atoms with Crippen LogP contribution in [-0.2, 0) is 9.59 Å². The fourth-order valence-corrected chi connectivity index (χ4v) is 2.63. The zero-order valence-corrected chi connectivity index (χ0v) is 12.5. The number of hydrogen-bond acceptors (Lipinski definition) is 2. The number of carbonyl (C=O) groups is 2. The molecule has 1 N–H and O–H groups in total. The van der Waals surface area contributed by atoms with Crippen molar-refractivity contribution in [2.75, 3.05) is 6.54 Å². The van der Waals surface area contributed by atoms with E-state index in [1.807, 2.05) is 27.7 Å². The first-order chi connectivity index (χ1) is 8.93. The van der Waals surface area contributed by atoms with Crippen LogP contribution < -0.4 is 5.32 Å². The molecule has 4 nitrogen and oxygen atoms in total. The van der Waals surface area contributed by atoms with E-state index in [-0.39, 0.29) is 17.7 Å². The van der Waals surface area contributed by atoms with Gasteiger partial charge in [-0.3, -0.25) is 9.59 Å². The van der Waals surface area contributed by atoms with E-state index < -0.39 is 11.6 Å². The Balaban J connectivity index is 3.17. The molecule has 1 fully saturated rings. The summed E-state index contributed by atoms with van der Waals surface area (Å²) in [6.07, 6.45) is 1.21. The summed E-state index contributed by atoms with van der Waals surface area (Å²) in [5.41, 5.74) is -0.752. The molecule has 106 valence electrons. The zero-order valence-electron chi connectivity index (χ0n) is 12.5. The second-order valence-corrected chi connectivity index (χ2v) is 5.33. The Morgan fingerprint density at radius 1 is 1.32 bits per heavy atom. The van der Waals surface area contributed by atoms with Crippen molar-refractivity contribution >= 4 is 11.8 Å². The summed E-state index contributed by atoms with van der Waals surface area (Å²) in [6.45, 7) is 9.84. The van der Waals surface area contributed by atoms with Gasteiger partial charge in [-0.05, 0) is 25.7 Å². The molecule has 1 heterocycles. The lowest BCUT2D eigenvalue weighted by molar-refractivity contribution is -0.156. The summed E-state index contributed by atoms with van der Waals surface area (Å²) in [5, 5.41) is 2.94. The van der Waals surface area contributed by atoms with E-state index >= 15 is 0 Å². The zero-order chi connectivity index (χ0) is 14.6. The summed E-state index contributed by atoms with van der Waals surface area (Å²) < 4.78 is 0. The minimum atomic E-state index is -0.752. The molecule has 0 aromatic carbocycles. The first kappa shape index (κ1) is 15.6. The molecule has 4 heteroatoms. The van der Waals surface area contributed by atoms with Crippen molar-refractivity contribution in [3.63, 3.8) is 0 Å². The van der Waals surface area contributed by atoms with Crippen LogP contribution in [0.4, 0.5) is 0 Å². The highest BCUT2D eigenvalue weighted by Gasteiger charge is 2.49. The molecule has 1 rings (SSSR count). The number of rotatable bonds is 4. The SMILES string of the molecule is CC#CCN1C(=O)C(CC)(CC)NC(=O)C1C(C)C. The number of piperazine rings is 1. The van der Waals surface area contributed by atoms with Gasteiger partial charge in [0.2, 0.25) is 11.8 Å². The van der Waals surface area contributed by atoms with Gasteiger partial charge in [0.05, 0.1) is 6.54 Å². The quantitative estimate of drug-likeness (QED) is 0.783. The monoisotopic (exact) mass is 264 g/mol. The third kappa shape index (κ3) is 2.75. The second-order valence-electron chi connectivity index (χ2n) is 5.33. The molecule has 0 aromatic heterocycles. The third-order valence-corrected chi connectivity index (χ3v) is 3.90. The van der Waals surface area contributed by atoms with Gasteiger partial charge in [-0.1, -0.05) is 33.6 Å². The van der Waals surface area contributed by atoms with Crippen LogP contribution in [0, 0.1) is 17.8 Å². The van der Waals surface area contributed by atoms with Crippen molar-refractivity contribution in [3.05, 3.63) is 0 Å². The van der Waals surface area contributed by atoms with Crippen LogP contribution in [0.5, 0.6) is 0 Å². The number of amides is 2. The average molecular weight is 264 g/mol. The van der Waals surface area contributed by atoms with Crippen LogP contribution >= 0.6 is 0 Å². The average Bonchev–Trinajstić information content (AvgIpc) is 2.38. The summed E-state index contributed by atoms with van der Waals surface area (Å²) in [7, 11) is 0. The highest BCUT2D eigenvalue weighted by molar-refractivity contribution is 6.00. The molecule has 0 radical (unpaired) electrons. The Labute approximate surface area is 115 Å². The Morgan fingerprint density at radius 3 is 2.32 bits per heavy atom. The predicted molar refractivity (Wildman–Crippen MR) is 75.2 cm³/mol. The molecule has 0 bridgehead atoms. The van der Waals surface area contributed by atoms with E-state index in [0.29, 0.717) is 19.4 Å². The van der Waals surface area contributed by atoms with Crippen LogP contribution in [0.25, 0.3) is 0 Å². The van der Waals surface area contributed by atoms with Gasteiger partial charge in [-0.25, -0.2) is 0 Å². The van der Waals surface area contributed by atoms with Crippen molar-refractivity contribution in [3.8, 4) is 11.8 Å². The molecular formula is C15H24N2O2. The Bertz CT molecular complexity index is 414. The van der Waals surface area contributed by atoms with Gasteiger partial charge in [0, 0.05) is 0 Å². The van der Waals surface area contributed by atoms with E-state index in [0.717, 1.165) is 0 Å². The number of nitrogens with one attached hydrogen (secondary N) is 1. The molecule has 19 heavy (non-hydrogen) atoms. The summed E-state index contributed by atoms with van der Waals surface area (Å²) >= 11 is 0. The van der Waals surface area contributed by atoms with Crippen molar-refractivity contribution in [1.29, 1.82) is 0 Å². The topological polar surface area (TPSA) is 49.4 Å². The maximum atomic E-state index is 12.7. The first-order valence-corrected chi connectivity index (χ1v) is 6.96. The van der Waals surface area contributed by atoms with Gasteiger partial charge in [-0.2, -0.15) is 0 Å². The molecule has 0 aliphatic carbocycles. The molecule has 1 saturated heterocycles. The maximum absolute atomic E-state index is 12.7. The highest BCUT2D eigenvalue weighted by atomic mass is 16.2. The smallest absolute Gasteiger partial charge is 0.249 e. The molecule has 1 aliphatic rings. The van der Waals surface area contributed by atoms with Gasteiger partial charge in [-0.15, -0.1) is 5.92 Å². The third-order valence-electron chi connectivity index (χ3n) is 3.90. The summed E-state index contributed by atoms with van der Waals surface area (Å²) in [4.78, 5) is 26.7. The fourth-order valence-electron chi connectivity index (χ4n) is 2.63. The lowest BCUT2D eigenvalue weighted by Crippen LogP contribution is -2.71. The van der Waals surface area contributed by atoms with Crippen LogP contribution in [-0.4, -0.2) is 34.8 Å². The fraction of sp³-hybridized carbons (Fsp3) is 0.733. The van der Waals surface area contributed by atoms with Crippen LogP contribution in [0.15, 0.2) is 0 Å². The van der Waals surface area contributed by atoms with Crippen molar-refractivity contribution in [2.45, 2.75) is 59.0 Å². The van der Waals surface area contributed by atoms with Gasteiger partial charge in [0.15, 0.2) is 0 Å². The predicted octanol–water partition coefficient (Wildman–Crippen LogP) is 1.55. The molecule has 2 amide bonds. The van der Waals surface area contributed by atoms with Crippen LogP contribution in [0.3, 0.4) is 0 Å². The number of hydrogen-bond donors (Lipinski definition) is 1. The van der Waals surface area contributed by atoms with E-state index in [1.54, 1.807) is 11.8 Å². The Hall–Kier alpha value is -1.50. The van der Waals surface area contributed by atoms with Crippen LogP contribution in [0.2, 0.25) is 0 Å². The van der Waals surface area contributed by atoms with Crippen molar-refractivity contribution < 1.29 is 9.59 Å². The van der Waals surface area contributed by atoms with Crippen molar-refractivity contribution in [2.24, 2.45) is 5.92 Å². The lowest BCUT2D eigenvalue weighted by Gasteiger charge is -2.46. The van der Waals surface area contributed by atoms with E-state index in [1.165, 1.54) is 0 Å². The molecule has 1 aliphatic heterocycles. The van der Waals surface area contributed by atoms with Gasteiger partial charge in [0.1, 0.15) is 11.6 Å². The molecule has 1 unspecified atom stereocenters. The highest BCUT2D eigenvalue weighted by Crippen LogP contribution is 2.27. The minimum absolute atomic E-state index is 0.00134. The minimum Gasteiger partial charge on any atom is -0.340 e. The summed E-state index contributed by atoms with van der Waals surface area (Å²) in [5.74, 6) is 5.73. The standard InChI is InChI=1S/C15H24N2O2/c1-6-9-10-17-12(11(4)5)13(18)16-15(7-2,8-3)14(17)19/h11-12H,7-8,10H2,1-5H3,(H,16,18). The van der Waals surface area contributed by atoms with E-state index in [4.69, 9.17) is 0 Å². The van der Waals surface area contributed by atoms with Gasteiger partial charge < -0.3 is 10.2 Å². The normalized spacial score (nSPS) is 22.0. The van der Waals surface area contributed by atoms with Crippen molar-refractivity contribution in [1.82, 2.24) is 10.2 Å². The van der Waals surface area contributed by atoms with Gasteiger partial charge >= 0.3 is 0 Å². The number of nitrogens with zero attached hydrogens (tertiary/aromatic N) is 1. The Morgan fingerprint density at radius 2 is 1.89 bits per heavy atom. The molecule has 0 saturated carbocycles. The van der Waals surface area contributed by atoms with Gasteiger partial charge in [0.25, 0.3) is 0 Å². The molecule has 0 aromatic rings. The molecule has 0 spiro atoms. The molecular weight excluding hydrogens is 240 g/mol. The number of carbonyl (C=O) groups excluding carboxylic acids is 2. The second kappa shape index (κ2) is 6.10. The maximum Gasteiger partial charge on any atom is 0.249 e. The molecule has 1 atom stereocenters. The van der Waals surface area contributed by atoms with E-state index in [9.17, 15) is 9.59 Å². The summed E-state index contributed by atoms with van der Waals surface area (Å²) in [6, 6.07) is -0.417.